The zero-order valence-corrected chi connectivity index (χ0v) is 20.7. The standard InChI is InChI=1S/2C6H4Cl2O.2C5H5.Zr/c2*7-4-1-2-6(9)5(8)3-4;2*1-2-4-5-3-1;/h2*1-3,9H;2*1-3H,4H2;/q;;;;+2/p-2. The number of hydrogen-bond acceptors (Lipinski definition) is 2. The topological polar surface area (TPSA) is 18.5 Å². The van der Waals surface area contributed by atoms with Crippen LogP contribution in [0.5, 0.6) is 11.5 Å². The number of halogens is 4. The predicted molar refractivity (Wildman–Crippen MR) is 118 cm³/mol. The number of allylic oxidation sites excluding steroid dienone is 8. The van der Waals surface area contributed by atoms with Gasteiger partial charge in [0, 0.05) is 0 Å². The van der Waals surface area contributed by atoms with Crippen LogP contribution in [0.1, 0.15) is 12.8 Å². The van der Waals surface area contributed by atoms with Crippen molar-refractivity contribution in [1.29, 1.82) is 0 Å². The molecular formula is C22H16Cl4O2Zr. The van der Waals surface area contributed by atoms with Crippen LogP contribution in [-0.4, -0.2) is 0 Å². The average Bonchev–Trinajstić information content (AvgIpc) is 3.39. The van der Waals surface area contributed by atoms with E-state index in [1.54, 1.807) is 36.4 Å². The van der Waals surface area contributed by atoms with E-state index in [0.29, 0.717) is 31.6 Å². The second-order valence-corrected chi connectivity index (χ2v) is 15.5. The molecule has 0 radical (unpaired) electrons. The van der Waals surface area contributed by atoms with Crippen LogP contribution in [0.2, 0.25) is 20.1 Å². The predicted octanol–water partition coefficient (Wildman–Crippen LogP) is 8.43. The van der Waals surface area contributed by atoms with Crippen molar-refractivity contribution in [2.24, 2.45) is 0 Å². The fourth-order valence-electron chi connectivity index (χ4n) is 3.30. The van der Waals surface area contributed by atoms with Gasteiger partial charge in [-0.05, 0) is 0 Å². The molecule has 0 unspecified atom stereocenters. The van der Waals surface area contributed by atoms with Crippen molar-refractivity contribution >= 4 is 46.4 Å². The molecule has 2 aliphatic rings. The van der Waals surface area contributed by atoms with Gasteiger partial charge in [-0.2, -0.15) is 0 Å². The van der Waals surface area contributed by atoms with Crippen molar-refractivity contribution in [2.75, 3.05) is 0 Å². The van der Waals surface area contributed by atoms with E-state index in [2.05, 4.69) is 24.3 Å². The molecule has 0 heterocycles. The van der Waals surface area contributed by atoms with Gasteiger partial charge in [-0.15, -0.1) is 0 Å². The molecule has 0 bridgehead atoms. The van der Waals surface area contributed by atoms with Gasteiger partial charge in [0.05, 0.1) is 0 Å². The Hall–Kier alpha value is -0.957. The van der Waals surface area contributed by atoms with Gasteiger partial charge in [0.2, 0.25) is 0 Å². The Morgan fingerprint density at radius 1 is 0.655 bits per heavy atom. The molecule has 0 atom stereocenters. The van der Waals surface area contributed by atoms with Gasteiger partial charge in [0.15, 0.2) is 0 Å². The van der Waals surface area contributed by atoms with Crippen LogP contribution in [0.3, 0.4) is 0 Å². The van der Waals surface area contributed by atoms with E-state index in [0.717, 1.165) is 19.4 Å². The van der Waals surface area contributed by atoms with Crippen molar-refractivity contribution in [3.05, 3.63) is 99.5 Å². The Balaban J connectivity index is 1.83. The summed E-state index contributed by atoms with van der Waals surface area (Å²) in [6, 6.07) is 10.4. The van der Waals surface area contributed by atoms with Gasteiger partial charge in [-0.1, -0.05) is 0 Å². The van der Waals surface area contributed by atoms with Gasteiger partial charge in [0.25, 0.3) is 0 Å². The third kappa shape index (κ3) is 4.55. The second-order valence-electron chi connectivity index (χ2n) is 6.62. The van der Waals surface area contributed by atoms with Crippen LogP contribution < -0.4 is 5.63 Å². The van der Waals surface area contributed by atoms with Crippen LogP contribution in [0.4, 0.5) is 0 Å². The number of hydrogen-bond donors (Lipinski definition) is 0. The molecule has 0 saturated heterocycles. The molecule has 0 saturated carbocycles. The summed E-state index contributed by atoms with van der Waals surface area (Å²) in [5.74, 6) is 1.11. The van der Waals surface area contributed by atoms with Crippen LogP contribution in [0.15, 0.2) is 79.4 Å². The molecular weight excluding hydrogens is 529 g/mol. The van der Waals surface area contributed by atoms with Gasteiger partial charge < -0.3 is 0 Å². The van der Waals surface area contributed by atoms with Gasteiger partial charge in [-0.25, -0.2) is 0 Å². The first-order valence-corrected chi connectivity index (χ1v) is 15.0. The van der Waals surface area contributed by atoms with Gasteiger partial charge in [-0.3, -0.25) is 0 Å². The molecule has 0 aliphatic heterocycles. The summed E-state index contributed by atoms with van der Waals surface area (Å²) in [6.07, 6.45) is 14.0. The van der Waals surface area contributed by atoms with E-state index in [4.69, 9.17) is 52.0 Å². The van der Waals surface area contributed by atoms with Crippen LogP contribution in [0, 0.1) is 0 Å². The molecule has 0 N–H and O–H groups in total. The summed E-state index contributed by atoms with van der Waals surface area (Å²) in [5.41, 5.74) is 0. The first-order chi connectivity index (χ1) is 14.0. The van der Waals surface area contributed by atoms with E-state index >= 15 is 0 Å². The molecule has 0 amide bonds. The molecule has 0 fully saturated rings. The molecule has 29 heavy (non-hydrogen) atoms. The van der Waals surface area contributed by atoms with Gasteiger partial charge in [0.1, 0.15) is 0 Å². The van der Waals surface area contributed by atoms with E-state index in [1.165, 1.54) is 0 Å². The fourth-order valence-corrected chi connectivity index (χ4v) is 12.8. The second kappa shape index (κ2) is 9.04. The van der Waals surface area contributed by atoms with E-state index < -0.39 is 21.1 Å². The first kappa shape index (κ1) is 21.3. The molecule has 4 rings (SSSR count). The third-order valence-electron chi connectivity index (χ3n) is 4.68. The fraction of sp³-hybridized carbons (Fsp3) is 0.0909. The summed E-state index contributed by atoms with van der Waals surface area (Å²) in [7, 11) is 0. The molecule has 2 aromatic carbocycles. The minimum atomic E-state index is -4.16. The maximum absolute atomic E-state index is 6.73. The Bertz CT molecular complexity index is 987. The van der Waals surface area contributed by atoms with Crippen LogP contribution in [0.25, 0.3) is 0 Å². The molecule has 7 heteroatoms. The molecule has 2 aliphatic carbocycles. The number of rotatable bonds is 6. The zero-order valence-electron chi connectivity index (χ0n) is 15.2. The first-order valence-electron chi connectivity index (χ1n) is 8.98. The maximum atomic E-state index is 6.73. The minimum absolute atomic E-state index is 0.447. The van der Waals surface area contributed by atoms with E-state index in [-0.39, 0.29) is 0 Å². The monoisotopic (exact) mass is 542 g/mol. The van der Waals surface area contributed by atoms with E-state index in [1.807, 2.05) is 12.2 Å². The van der Waals surface area contributed by atoms with Crippen molar-refractivity contribution in [3.8, 4) is 11.5 Å². The summed E-state index contributed by atoms with van der Waals surface area (Å²) < 4.78 is 15.8. The molecule has 2 aromatic rings. The normalized spacial score (nSPS) is 15.4. The average molecular weight is 545 g/mol. The number of benzene rings is 2. The zero-order chi connectivity index (χ0) is 20.4. The quantitative estimate of drug-likeness (QED) is 0.363. The molecule has 2 nitrogen and oxygen atoms in total. The Kier molecular flexibility index (Phi) is 6.63. The summed E-state index contributed by atoms with van der Waals surface area (Å²) in [6.45, 7) is 0. The third-order valence-corrected chi connectivity index (χ3v) is 14.2. The molecule has 148 valence electrons. The summed E-state index contributed by atoms with van der Waals surface area (Å²) >= 11 is 20.9. The molecule has 0 aromatic heterocycles. The van der Waals surface area contributed by atoms with Crippen molar-refractivity contribution in [1.82, 2.24) is 0 Å². The summed E-state index contributed by atoms with van der Waals surface area (Å²) in [4.78, 5) is 0. The molecule has 0 spiro atoms. The summed E-state index contributed by atoms with van der Waals surface area (Å²) in [5, 5.41) is 1.99. The Morgan fingerprint density at radius 2 is 1.10 bits per heavy atom. The Morgan fingerprint density at radius 3 is 1.45 bits per heavy atom. The van der Waals surface area contributed by atoms with Crippen molar-refractivity contribution in [2.45, 2.75) is 12.8 Å². The SMILES string of the molecule is Clc1ccc([O][Zr]([O]c2ccc(Cl)cc2Cl)([C]2=CC=CC2)[C]2=CC=CC2)c(Cl)c1. The van der Waals surface area contributed by atoms with Crippen molar-refractivity contribution in [3.63, 3.8) is 0 Å². The Labute approximate surface area is 195 Å². The van der Waals surface area contributed by atoms with Crippen LogP contribution >= 0.6 is 46.4 Å². The van der Waals surface area contributed by atoms with E-state index in [9.17, 15) is 0 Å². The van der Waals surface area contributed by atoms with Gasteiger partial charge >= 0.3 is 197 Å². The van der Waals surface area contributed by atoms with Crippen LogP contribution in [-0.2, 0) is 21.1 Å². The van der Waals surface area contributed by atoms with Crippen molar-refractivity contribution < 1.29 is 26.8 Å².